The van der Waals surface area contributed by atoms with Gasteiger partial charge in [-0.25, -0.2) is 4.98 Å². The molecule has 1 aliphatic carbocycles. The molecule has 0 radical (unpaired) electrons. The highest BCUT2D eigenvalue weighted by atomic mass is 32.1. The van der Waals surface area contributed by atoms with Gasteiger partial charge in [0.15, 0.2) is 10.9 Å². The van der Waals surface area contributed by atoms with Gasteiger partial charge in [-0.1, -0.05) is 42.4 Å². The average molecular weight is 339 g/mol. The minimum atomic E-state index is 0.551. The molecular weight excluding hydrogens is 318 g/mol. The molecule has 0 atom stereocenters. The van der Waals surface area contributed by atoms with E-state index in [9.17, 15) is 0 Å². The second-order valence-corrected chi connectivity index (χ2v) is 7.44. The van der Waals surface area contributed by atoms with E-state index in [2.05, 4.69) is 22.4 Å². The average Bonchev–Trinajstić information content (AvgIpc) is 3.27. The standard InChI is InChI=1S/C19H21N3OS/c1-13-7-9-15(10-8-13)20-19-21-17(12-24-19)18-11-16(22-23-18)14-5-3-2-4-6-14/h2-6,11-13,15H,7-10H2,1H3,(H,20,21)/t13-,15-. The molecule has 24 heavy (non-hydrogen) atoms. The van der Waals surface area contributed by atoms with Crippen molar-refractivity contribution in [2.24, 2.45) is 5.92 Å². The molecule has 1 aromatic carbocycles. The smallest absolute Gasteiger partial charge is 0.186 e. The number of rotatable bonds is 4. The summed E-state index contributed by atoms with van der Waals surface area (Å²) in [5.74, 6) is 1.58. The molecule has 1 fully saturated rings. The van der Waals surface area contributed by atoms with Crippen molar-refractivity contribution in [1.82, 2.24) is 10.1 Å². The van der Waals surface area contributed by atoms with Crippen LogP contribution in [-0.2, 0) is 0 Å². The maximum absolute atomic E-state index is 5.49. The lowest BCUT2D eigenvalue weighted by Crippen LogP contribution is -2.25. The van der Waals surface area contributed by atoms with E-state index in [1.165, 1.54) is 25.7 Å². The van der Waals surface area contributed by atoms with Gasteiger partial charge in [-0.2, -0.15) is 0 Å². The van der Waals surface area contributed by atoms with Crippen LogP contribution in [-0.4, -0.2) is 16.2 Å². The zero-order valence-electron chi connectivity index (χ0n) is 13.7. The van der Waals surface area contributed by atoms with E-state index >= 15 is 0 Å². The summed E-state index contributed by atoms with van der Waals surface area (Å²) in [4.78, 5) is 4.67. The largest absolute Gasteiger partial charge is 0.359 e. The SMILES string of the molecule is C[C@H]1CC[C@H](Nc2nc(-c3cc(-c4ccccc4)no3)cs2)CC1. The number of hydrogen-bond donors (Lipinski definition) is 1. The third-order valence-electron chi connectivity index (χ3n) is 4.68. The summed E-state index contributed by atoms with van der Waals surface area (Å²) in [5, 5.41) is 10.7. The first-order valence-corrected chi connectivity index (χ1v) is 9.40. The van der Waals surface area contributed by atoms with Crippen LogP contribution in [0.4, 0.5) is 5.13 Å². The Morgan fingerprint density at radius 2 is 1.88 bits per heavy atom. The Morgan fingerprint density at radius 3 is 2.67 bits per heavy atom. The van der Waals surface area contributed by atoms with Crippen molar-refractivity contribution in [2.75, 3.05) is 5.32 Å². The molecule has 3 aromatic rings. The van der Waals surface area contributed by atoms with E-state index in [-0.39, 0.29) is 0 Å². The van der Waals surface area contributed by atoms with Crippen LogP contribution in [0, 0.1) is 5.92 Å². The maximum atomic E-state index is 5.49. The summed E-state index contributed by atoms with van der Waals surface area (Å²) in [5.41, 5.74) is 2.74. The van der Waals surface area contributed by atoms with E-state index in [0.717, 1.165) is 33.8 Å². The number of thiazole rings is 1. The van der Waals surface area contributed by atoms with Crippen LogP contribution in [0.15, 0.2) is 46.3 Å². The van der Waals surface area contributed by atoms with Crippen molar-refractivity contribution in [3.63, 3.8) is 0 Å². The zero-order valence-corrected chi connectivity index (χ0v) is 14.6. The summed E-state index contributed by atoms with van der Waals surface area (Å²) in [7, 11) is 0. The van der Waals surface area contributed by atoms with E-state index in [1.807, 2.05) is 41.8 Å². The fourth-order valence-corrected chi connectivity index (χ4v) is 3.95. The summed E-state index contributed by atoms with van der Waals surface area (Å²) < 4.78 is 5.49. The molecule has 1 aliphatic rings. The Labute approximate surface area is 145 Å². The quantitative estimate of drug-likeness (QED) is 0.686. The Bertz CT molecular complexity index is 788. The van der Waals surface area contributed by atoms with Crippen LogP contribution in [0.1, 0.15) is 32.6 Å². The molecule has 2 heterocycles. The van der Waals surface area contributed by atoms with Gasteiger partial charge in [-0.05, 0) is 31.6 Å². The molecule has 0 aliphatic heterocycles. The van der Waals surface area contributed by atoms with Gasteiger partial charge in [0.25, 0.3) is 0 Å². The summed E-state index contributed by atoms with van der Waals surface area (Å²) >= 11 is 1.63. The maximum Gasteiger partial charge on any atom is 0.186 e. The van der Waals surface area contributed by atoms with Crippen LogP contribution < -0.4 is 5.32 Å². The molecular formula is C19H21N3OS. The molecule has 0 amide bonds. The minimum Gasteiger partial charge on any atom is -0.359 e. The summed E-state index contributed by atoms with van der Waals surface area (Å²) in [6.45, 7) is 2.34. The van der Waals surface area contributed by atoms with Crippen LogP contribution in [0.5, 0.6) is 0 Å². The van der Waals surface area contributed by atoms with Crippen molar-refractivity contribution < 1.29 is 4.52 Å². The van der Waals surface area contributed by atoms with Gasteiger partial charge in [-0.3, -0.25) is 0 Å². The third-order valence-corrected chi connectivity index (χ3v) is 5.45. The lowest BCUT2D eigenvalue weighted by molar-refractivity contribution is 0.361. The molecule has 5 heteroatoms. The number of hydrogen-bond acceptors (Lipinski definition) is 5. The fourth-order valence-electron chi connectivity index (χ4n) is 3.17. The van der Waals surface area contributed by atoms with Gasteiger partial charge in [0, 0.05) is 23.1 Å². The normalized spacial score (nSPS) is 20.9. The van der Waals surface area contributed by atoms with E-state index in [4.69, 9.17) is 4.52 Å². The zero-order chi connectivity index (χ0) is 16.4. The van der Waals surface area contributed by atoms with Gasteiger partial charge < -0.3 is 9.84 Å². The van der Waals surface area contributed by atoms with Crippen LogP contribution in [0.2, 0.25) is 0 Å². The van der Waals surface area contributed by atoms with Gasteiger partial charge in [0.05, 0.1) is 0 Å². The number of aromatic nitrogens is 2. The Morgan fingerprint density at radius 1 is 1.08 bits per heavy atom. The van der Waals surface area contributed by atoms with Crippen molar-refractivity contribution in [3.8, 4) is 22.7 Å². The van der Waals surface area contributed by atoms with Crippen molar-refractivity contribution in [3.05, 3.63) is 41.8 Å². The van der Waals surface area contributed by atoms with Crippen LogP contribution >= 0.6 is 11.3 Å². The van der Waals surface area contributed by atoms with E-state index < -0.39 is 0 Å². The molecule has 2 aromatic heterocycles. The van der Waals surface area contributed by atoms with Crippen molar-refractivity contribution in [1.29, 1.82) is 0 Å². The van der Waals surface area contributed by atoms with Crippen molar-refractivity contribution in [2.45, 2.75) is 38.6 Å². The molecule has 0 bridgehead atoms. The summed E-state index contributed by atoms with van der Waals surface area (Å²) in [6, 6.07) is 12.6. The minimum absolute atomic E-state index is 0.551. The van der Waals surface area contributed by atoms with E-state index in [0.29, 0.717) is 6.04 Å². The highest BCUT2D eigenvalue weighted by Crippen LogP contribution is 2.31. The van der Waals surface area contributed by atoms with Gasteiger partial charge in [0.1, 0.15) is 11.4 Å². The molecule has 1 N–H and O–H groups in total. The number of nitrogens with one attached hydrogen (secondary N) is 1. The Kier molecular flexibility index (Phi) is 4.34. The highest BCUT2D eigenvalue weighted by Gasteiger charge is 2.19. The Hall–Kier alpha value is -2.14. The molecule has 0 unspecified atom stereocenters. The lowest BCUT2D eigenvalue weighted by Gasteiger charge is -2.26. The van der Waals surface area contributed by atoms with Gasteiger partial charge in [-0.15, -0.1) is 11.3 Å². The highest BCUT2D eigenvalue weighted by molar-refractivity contribution is 7.14. The number of nitrogens with zero attached hydrogens (tertiary/aromatic N) is 2. The lowest BCUT2D eigenvalue weighted by atomic mass is 9.87. The first-order valence-electron chi connectivity index (χ1n) is 8.52. The number of benzene rings is 1. The molecule has 124 valence electrons. The molecule has 4 rings (SSSR count). The van der Waals surface area contributed by atoms with Crippen LogP contribution in [0.25, 0.3) is 22.7 Å². The van der Waals surface area contributed by atoms with Crippen molar-refractivity contribution >= 4 is 16.5 Å². The Balaban J connectivity index is 1.46. The molecule has 0 spiro atoms. The van der Waals surface area contributed by atoms with Gasteiger partial charge in [0.2, 0.25) is 0 Å². The predicted octanol–water partition coefficient (Wildman–Crippen LogP) is 5.46. The second kappa shape index (κ2) is 6.77. The first kappa shape index (κ1) is 15.4. The second-order valence-electron chi connectivity index (χ2n) is 6.58. The number of anilines is 1. The van der Waals surface area contributed by atoms with Gasteiger partial charge >= 0.3 is 0 Å². The summed E-state index contributed by atoms with van der Waals surface area (Å²) in [6.07, 6.45) is 5.07. The third kappa shape index (κ3) is 3.36. The monoisotopic (exact) mass is 339 g/mol. The first-order chi connectivity index (χ1) is 11.8. The molecule has 1 saturated carbocycles. The molecule has 0 saturated heterocycles. The van der Waals surface area contributed by atoms with E-state index in [1.54, 1.807) is 11.3 Å². The molecule has 4 nitrogen and oxygen atoms in total. The fraction of sp³-hybridized carbons (Fsp3) is 0.368. The predicted molar refractivity (Wildman–Crippen MR) is 98.1 cm³/mol. The topological polar surface area (TPSA) is 51.0 Å². The van der Waals surface area contributed by atoms with Crippen LogP contribution in [0.3, 0.4) is 0 Å².